The normalized spacial score (nSPS) is 15.6. The van der Waals surface area contributed by atoms with E-state index in [0.717, 1.165) is 25.4 Å². The second-order valence-corrected chi connectivity index (χ2v) is 8.53. The van der Waals surface area contributed by atoms with Crippen molar-refractivity contribution in [1.82, 2.24) is 10.3 Å². The summed E-state index contributed by atoms with van der Waals surface area (Å²) in [6.45, 7) is 18.1. The summed E-state index contributed by atoms with van der Waals surface area (Å²) in [6.07, 6.45) is 1.10. The summed E-state index contributed by atoms with van der Waals surface area (Å²) in [7, 11) is 0. The Morgan fingerprint density at radius 3 is 2.25 bits per heavy atom. The molecule has 0 aromatic carbocycles. The van der Waals surface area contributed by atoms with Crippen LogP contribution in [-0.2, 0) is 11.8 Å². The molecule has 0 saturated carbocycles. The molecule has 1 aromatic rings. The highest BCUT2D eigenvalue weighted by Gasteiger charge is 2.19. The molecule has 0 aliphatic carbocycles. The van der Waals surface area contributed by atoms with Crippen molar-refractivity contribution in [2.75, 3.05) is 13.1 Å². The molecule has 3 heteroatoms. The van der Waals surface area contributed by atoms with Crippen molar-refractivity contribution < 1.29 is 0 Å². The van der Waals surface area contributed by atoms with Gasteiger partial charge in [0, 0.05) is 17.2 Å². The van der Waals surface area contributed by atoms with Crippen molar-refractivity contribution in [3.8, 4) is 0 Å². The number of thiazole rings is 1. The minimum atomic E-state index is 0.169. The van der Waals surface area contributed by atoms with Crippen molar-refractivity contribution in [2.45, 2.75) is 60.3 Å². The summed E-state index contributed by atoms with van der Waals surface area (Å²) in [5, 5.41) is 7.08. The highest BCUT2D eigenvalue weighted by Crippen LogP contribution is 2.26. The summed E-state index contributed by atoms with van der Waals surface area (Å²) in [5.41, 5.74) is 1.40. The lowest BCUT2D eigenvalue weighted by molar-refractivity contribution is 0.356. The molecular weight excluding hydrogens is 264 g/mol. The van der Waals surface area contributed by atoms with E-state index in [0.29, 0.717) is 11.8 Å². The standard InChI is InChI=1S/C17H32N2S/c1-12(2)9-18-10-14(4)13(3)8-16-19-15(11-20-16)17(5,6)7/h11-14,18H,8-10H2,1-7H3. The van der Waals surface area contributed by atoms with Crippen LogP contribution in [-0.4, -0.2) is 18.1 Å². The van der Waals surface area contributed by atoms with E-state index < -0.39 is 0 Å². The zero-order valence-corrected chi connectivity index (χ0v) is 15.1. The zero-order valence-electron chi connectivity index (χ0n) is 14.3. The fourth-order valence-corrected chi connectivity index (χ4v) is 3.19. The largest absolute Gasteiger partial charge is 0.316 e. The molecule has 0 aliphatic heterocycles. The number of aromatic nitrogens is 1. The van der Waals surface area contributed by atoms with E-state index in [4.69, 9.17) is 4.98 Å². The lowest BCUT2D eigenvalue weighted by Gasteiger charge is -2.20. The molecule has 1 N–H and O–H groups in total. The van der Waals surface area contributed by atoms with Gasteiger partial charge < -0.3 is 5.32 Å². The van der Waals surface area contributed by atoms with Crippen molar-refractivity contribution in [2.24, 2.45) is 17.8 Å². The maximum Gasteiger partial charge on any atom is 0.0931 e. The van der Waals surface area contributed by atoms with E-state index in [1.165, 1.54) is 10.7 Å². The predicted molar refractivity (Wildman–Crippen MR) is 90.6 cm³/mol. The average Bonchev–Trinajstić information content (AvgIpc) is 2.76. The fourth-order valence-electron chi connectivity index (χ4n) is 2.03. The minimum Gasteiger partial charge on any atom is -0.316 e. The fraction of sp³-hybridized carbons (Fsp3) is 0.824. The summed E-state index contributed by atoms with van der Waals surface area (Å²) in [6, 6.07) is 0. The van der Waals surface area contributed by atoms with E-state index in [9.17, 15) is 0 Å². The Hall–Kier alpha value is -0.410. The van der Waals surface area contributed by atoms with Crippen molar-refractivity contribution in [3.05, 3.63) is 16.1 Å². The van der Waals surface area contributed by atoms with Crippen LogP contribution in [0.1, 0.15) is 59.2 Å². The molecule has 2 nitrogen and oxygen atoms in total. The Labute approximate surface area is 129 Å². The highest BCUT2D eigenvalue weighted by atomic mass is 32.1. The van der Waals surface area contributed by atoms with Crippen molar-refractivity contribution in [1.29, 1.82) is 0 Å². The van der Waals surface area contributed by atoms with Crippen LogP contribution in [0.5, 0.6) is 0 Å². The first kappa shape index (κ1) is 17.6. The van der Waals surface area contributed by atoms with Gasteiger partial charge in [0.25, 0.3) is 0 Å². The van der Waals surface area contributed by atoms with E-state index in [-0.39, 0.29) is 5.41 Å². The maximum absolute atomic E-state index is 4.81. The first-order chi connectivity index (χ1) is 9.20. The van der Waals surface area contributed by atoms with E-state index in [2.05, 4.69) is 59.2 Å². The quantitative estimate of drug-likeness (QED) is 0.801. The molecule has 0 fully saturated rings. The van der Waals surface area contributed by atoms with Gasteiger partial charge in [-0.3, -0.25) is 0 Å². The summed E-state index contributed by atoms with van der Waals surface area (Å²) < 4.78 is 0. The predicted octanol–water partition coefficient (Wildman–Crippen LogP) is 4.50. The zero-order chi connectivity index (χ0) is 15.3. The third-order valence-electron chi connectivity index (χ3n) is 3.81. The molecule has 0 radical (unpaired) electrons. The molecule has 0 spiro atoms. The molecule has 0 saturated heterocycles. The lowest BCUT2D eigenvalue weighted by atomic mass is 9.92. The SMILES string of the molecule is CC(C)CNCC(C)C(C)Cc1nc(C(C)(C)C)cs1. The van der Waals surface area contributed by atoms with Crippen LogP contribution < -0.4 is 5.32 Å². The van der Waals surface area contributed by atoms with Crippen LogP contribution in [0, 0.1) is 17.8 Å². The lowest BCUT2D eigenvalue weighted by Crippen LogP contribution is -2.28. The topological polar surface area (TPSA) is 24.9 Å². The molecule has 1 rings (SSSR count). The van der Waals surface area contributed by atoms with Crippen LogP contribution in [0.15, 0.2) is 5.38 Å². The Morgan fingerprint density at radius 2 is 1.75 bits per heavy atom. The number of hydrogen-bond acceptors (Lipinski definition) is 3. The molecular formula is C17H32N2S. The number of nitrogens with one attached hydrogen (secondary N) is 1. The molecule has 20 heavy (non-hydrogen) atoms. The molecule has 0 amide bonds. The molecule has 1 heterocycles. The van der Waals surface area contributed by atoms with Crippen LogP contribution in [0.4, 0.5) is 0 Å². The van der Waals surface area contributed by atoms with E-state index in [1.807, 2.05) is 11.3 Å². The molecule has 2 atom stereocenters. The van der Waals surface area contributed by atoms with Crippen LogP contribution in [0.25, 0.3) is 0 Å². The summed E-state index contributed by atoms with van der Waals surface area (Å²) in [4.78, 5) is 4.81. The Bertz CT molecular complexity index is 390. The summed E-state index contributed by atoms with van der Waals surface area (Å²) >= 11 is 1.82. The Balaban J connectivity index is 2.45. The average molecular weight is 297 g/mol. The number of hydrogen-bond donors (Lipinski definition) is 1. The van der Waals surface area contributed by atoms with Crippen LogP contribution >= 0.6 is 11.3 Å². The van der Waals surface area contributed by atoms with Gasteiger partial charge in [-0.05, 0) is 30.8 Å². The third kappa shape index (κ3) is 5.92. The van der Waals surface area contributed by atoms with Gasteiger partial charge in [0.15, 0.2) is 0 Å². The molecule has 0 bridgehead atoms. The van der Waals surface area contributed by atoms with Gasteiger partial charge in [0.2, 0.25) is 0 Å². The smallest absolute Gasteiger partial charge is 0.0931 e. The van der Waals surface area contributed by atoms with Crippen molar-refractivity contribution >= 4 is 11.3 Å². The van der Waals surface area contributed by atoms with Gasteiger partial charge in [-0.2, -0.15) is 0 Å². The van der Waals surface area contributed by atoms with E-state index >= 15 is 0 Å². The Kier molecular flexibility index (Phi) is 6.67. The van der Waals surface area contributed by atoms with Gasteiger partial charge >= 0.3 is 0 Å². The minimum absolute atomic E-state index is 0.169. The van der Waals surface area contributed by atoms with Crippen LogP contribution in [0.2, 0.25) is 0 Å². The number of nitrogens with zero attached hydrogens (tertiary/aromatic N) is 1. The molecule has 0 aliphatic rings. The second-order valence-electron chi connectivity index (χ2n) is 7.59. The third-order valence-corrected chi connectivity index (χ3v) is 4.68. The van der Waals surface area contributed by atoms with E-state index in [1.54, 1.807) is 0 Å². The van der Waals surface area contributed by atoms with Gasteiger partial charge in [-0.15, -0.1) is 11.3 Å². The van der Waals surface area contributed by atoms with Gasteiger partial charge in [-0.1, -0.05) is 48.5 Å². The number of rotatable bonds is 7. The monoisotopic (exact) mass is 296 g/mol. The van der Waals surface area contributed by atoms with Gasteiger partial charge in [0.1, 0.15) is 0 Å². The molecule has 1 aromatic heterocycles. The maximum atomic E-state index is 4.81. The Morgan fingerprint density at radius 1 is 1.10 bits per heavy atom. The first-order valence-electron chi connectivity index (χ1n) is 7.85. The second kappa shape index (κ2) is 7.56. The molecule has 116 valence electrons. The highest BCUT2D eigenvalue weighted by molar-refractivity contribution is 7.09. The molecule has 2 unspecified atom stereocenters. The first-order valence-corrected chi connectivity index (χ1v) is 8.73. The van der Waals surface area contributed by atoms with Crippen molar-refractivity contribution in [3.63, 3.8) is 0 Å². The van der Waals surface area contributed by atoms with Gasteiger partial charge in [-0.25, -0.2) is 4.98 Å². The van der Waals surface area contributed by atoms with Gasteiger partial charge in [0.05, 0.1) is 10.7 Å². The van der Waals surface area contributed by atoms with Crippen LogP contribution in [0.3, 0.4) is 0 Å². The summed E-state index contributed by atoms with van der Waals surface area (Å²) in [5.74, 6) is 2.09.